The molecular weight excluding hydrogens is 168 g/mol. The summed E-state index contributed by atoms with van der Waals surface area (Å²) < 4.78 is 4.89. The predicted octanol–water partition coefficient (Wildman–Crippen LogP) is 0.396. The van der Waals surface area contributed by atoms with E-state index in [1.165, 1.54) is 0 Å². The van der Waals surface area contributed by atoms with Crippen LogP contribution in [0.2, 0.25) is 0 Å². The van der Waals surface area contributed by atoms with Crippen molar-refractivity contribution in [2.45, 2.75) is 38.6 Å². The molecule has 1 atom stereocenters. The van der Waals surface area contributed by atoms with E-state index in [0.717, 1.165) is 19.3 Å². The third kappa shape index (κ3) is 6.54. The molecule has 0 radical (unpaired) electrons. The highest BCUT2D eigenvalue weighted by molar-refractivity contribution is 5.75. The Hall–Kier alpha value is -0.610. The molecule has 0 unspecified atom stereocenters. The van der Waals surface area contributed by atoms with Crippen molar-refractivity contribution in [2.24, 2.45) is 11.5 Å². The first kappa shape index (κ1) is 12.4. The molecule has 0 spiro atoms. The van der Waals surface area contributed by atoms with E-state index < -0.39 is 6.04 Å². The fraction of sp³-hybridized carbons (Fsp3) is 0.889. The van der Waals surface area contributed by atoms with E-state index in [2.05, 4.69) is 0 Å². The molecule has 0 saturated carbocycles. The van der Waals surface area contributed by atoms with E-state index in [1.54, 1.807) is 0 Å². The van der Waals surface area contributed by atoms with Crippen LogP contribution in [0.15, 0.2) is 0 Å². The van der Waals surface area contributed by atoms with Crippen molar-refractivity contribution in [1.82, 2.24) is 0 Å². The molecule has 0 aliphatic rings. The van der Waals surface area contributed by atoms with Gasteiger partial charge in [0.25, 0.3) is 0 Å². The van der Waals surface area contributed by atoms with Crippen molar-refractivity contribution in [3.05, 3.63) is 0 Å². The molecule has 0 aromatic heterocycles. The van der Waals surface area contributed by atoms with Crippen LogP contribution in [0.25, 0.3) is 0 Å². The Bertz CT molecular complexity index is 140. The van der Waals surface area contributed by atoms with Crippen LogP contribution >= 0.6 is 0 Å². The highest BCUT2D eigenvalue weighted by Gasteiger charge is 2.13. The number of carbonyl (C=O) groups is 1. The minimum atomic E-state index is -0.474. The Morgan fingerprint density at radius 2 is 2.15 bits per heavy atom. The lowest BCUT2D eigenvalue weighted by atomic mass is 10.1. The van der Waals surface area contributed by atoms with Crippen LogP contribution in [0.3, 0.4) is 0 Å². The van der Waals surface area contributed by atoms with Gasteiger partial charge in [-0.15, -0.1) is 0 Å². The van der Waals surface area contributed by atoms with E-state index in [9.17, 15) is 4.79 Å². The van der Waals surface area contributed by atoms with Crippen LogP contribution < -0.4 is 11.5 Å². The number of rotatable bonds is 7. The summed E-state index contributed by atoms with van der Waals surface area (Å²) in [5.41, 5.74) is 10.9. The van der Waals surface area contributed by atoms with Crippen molar-refractivity contribution in [1.29, 1.82) is 0 Å². The summed E-state index contributed by atoms with van der Waals surface area (Å²) in [6, 6.07) is -0.474. The van der Waals surface area contributed by atoms with Gasteiger partial charge in [0, 0.05) is 0 Å². The lowest BCUT2D eigenvalue weighted by Crippen LogP contribution is -2.32. The molecule has 0 fully saturated rings. The van der Waals surface area contributed by atoms with Crippen LogP contribution in [0.1, 0.15) is 32.6 Å². The number of esters is 1. The van der Waals surface area contributed by atoms with Gasteiger partial charge in [0.2, 0.25) is 0 Å². The molecule has 0 rings (SSSR count). The van der Waals surface area contributed by atoms with Crippen LogP contribution in [0, 0.1) is 0 Å². The van der Waals surface area contributed by atoms with Crippen molar-refractivity contribution >= 4 is 5.97 Å². The van der Waals surface area contributed by atoms with Gasteiger partial charge < -0.3 is 16.2 Å². The molecule has 0 aliphatic carbocycles. The second kappa shape index (κ2) is 8.01. The summed E-state index contributed by atoms with van der Waals surface area (Å²) in [6.07, 6.45) is 3.30. The van der Waals surface area contributed by atoms with Crippen molar-refractivity contribution in [3.8, 4) is 0 Å². The standard InChI is InChI=1S/C9H20N2O2/c1-2-7-13-9(12)8(11)5-3-4-6-10/h8H,2-7,10-11H2,1H3/t8-/m0/s1. The van der Waals surface area contributed by atoms with Crippen molar-refractivity contribution < 1.29 is 9.53 Å². The van der Waals surface area contributed by atoms with E-state index in [1.807, 2.05) is 6.92 Å². The molecule has 0 aromatic carbocycles. The summed E-state index contributed by atoms with van der Waals surface area (Å²) >= 11 is 0. The fourth-order valence-electron chi connectivity index (χ4n) is 0.936. The number of hydrogen-bond donors (Lipinski definition) is 2. The van der Waals surface area contributed by atoms with Crippen LogP contribution in [0.5, 0.6) is 0 Å². The number of unbranched alkanes of at least 4 members (excludes halogenated alkanes) is 1. The Morgan fingerprint density at radius 1 is 1.46 bits per heavy atom. The van der Waals surface area contributed by atoms with Gasteiger partial charge in [-0.2, -0.15) is 0 Å². The Morgan fingerprint density at radius 3 is 2.69 bits per heavy atom. The normalized spacial score (nSPS) is 12.5. The molecule has 78 valence electrons. The number of hydrogen-bond acceptors (Lipinski definition) is 4. The summed E-state index contributed by atoms with van der Waals surface area (Å²) in [5.74, 6) is -0.293. The zero-order valence-corrected chi connectivity index (χ0v) is 8.29. The topological polar surface area (TPSA) is 78.3 Å². The summed E-state index contributed by atoms with van der Waals surface area (Å²) in [4.78, 5) is 11.1. The lowest BCUT2D eigenvalue weighted by molar-refractivity contribution is -0.145. The fourth-order valence-corrected chi connectivity index (χ4v) is 0.936. The monoisotopic (exact) mass is 188 g/mol. The second-order valence-corrected chi connectivity index (χ2v) is 3.06. The quantitative estimate of drug-likeness (QED) is 0.447. The summed E-state index contributed by atoms with van der Waals surface area (Å²) in [7, 11) is 0. The molecule has 0 amide bonds. The van der Waals surface area contributed by atoms with Gasteiger partial charge in [-0.05, 0) is 25.8 Å². The maximum Gasteiger partial charge on any atom is 0.322 e. The first-order valence-electron chi connectivity index (χ1n) is 4.84. The average molecular weight is 188 g/mol. The first-order chi connectivity index (χ1) is 6.22. The van der Waals surface area contributed by atoms with E-state index >= 15 is 0 Å². The van der Waals surface area contributed by atoms with Crippen molar-refractivity contribution in [3.63, 3.8) is 0 Å². The third-order valence-corrected chi connectivity index (χ3v) is 1.72. The zero-order chi connectivity index (χ0) is 10.1. The minimum absolute atomic E-state index is 0.293. The van der Waals surface area contributed by atoms with E-state index in [-0.39, 0.29) is 5.97 Å². The van der Waals surface area contributed by atoms with E-state index in [4.69, 9.17) is 16.2 Å². The molecule has 0 aliphatic heterocycles. The SMILES string of the molecule is CCCOC(=O)[C@@H](N)CCCCN. The average Bonchev–Trinajstić information content (AvgIpc) is 2.14. The first-order valence-corrected chi connectivity index (χ1v) is 4.84. The van der Waals surface area contributed by atoms with Gasteiger partial charge in [-0.1, -0.05) is 13.3 Å². The zero-order valence-electron chi connectivity index (χ0n) is 8.29. The molecule has 0 aromatic rings. The number of ether oxygens (including phenoxy) is 1. The lowest BCUT2D eigenvalue weighted by Gasteiger charge is -2.10. The van der Waals surface area contributed by atoms with E-state index in [0.29, 0.717) is 19.6 Å². The van der Waals surface area contributed by atoms with Gasteiger partial charge in [-0.25, -0.2) is 0 Å². The minimum Gasteiger partial charge on any atom is -0.465 e. The number of carbonyl (C=O) groups excluding carboxylic acids is 1. The maximum atomic E-state index is 11.1. The van der Waals surface area contributed by atoms with Gasteiger partial charge in [0.1, 0.15) is 6.04 Å². The molecule has 13 heavy (non-hydrogen) atoms. The van der Waals surface area contributed by atoms with Gasteiger partial charge >= 0.3 is 5.97 Å². The third-order valence-electron chi connectivity index (χ3n) is 1.72. The molecular formula is C9H20N2O2. The van der Waals surface area contributed by atoms with Gasteiger partial charge in [0.05, 0.1) is 6.61 Å². The van der Waals surface area contributed by atoms with Crippen molar-refractivity contribution in [2.75, 3.05) is 13.2 Å². The number of nitrogens with two attached hydrogens (primary N) is 2. The highest BCUT2D eigenvalue weighted by atomic mass is 16.5. The Balaban J connectivity index is 3.45. The molecule has 4 N–H and O–H groups in total. The molecule has 0 heterocycles. The van der Waals surface area contributed by atoms with Crippen LogP contribution in [0.4, 0.5) is 0 Å². The summed E-state index contributed by atoms with van der Waals surface area (Å²) in [5, 5.41) is 0. The maximum absolute atomic E-state index is 11.1. The summed E-state index contributed by atoms with van der Waals surface area (Å²) in [6.45, 7) is 3.06. The van der Waals surface area contributed by atoms with Crippen LogP contribution in [-0.2, 0) is 9.53 Å². The largest absolute Gasteiger partial charge is 0.465 e. The highest BCUT2D eigenvalue weighted by Crippen LogP contribution is 2.00. The Kier molecular flexibility index (Phi) is 7.63. The molecule has 0 bridgehead atoms. The Labute approximate surface area is 79.6 Å². The second-order valence-electron chi connectivity index (χ2n) is 3.06. The molecule has 4 heteroatoms. The molecule has 0 saturated heterocycles. The molecule has 4 nitrogen and oxygen atoms in total. The van der Waals surface area contributed by atoms with Gasteiger partial charge in [-0.3, -0.25) is 4.79 Å². The van der Waals surface area contributed by atoms with Gasteiger partial charge in [0.15, 0.2) is 0 Å². The smallest absolute Gasteiger partial charge is 0.322 e. The van der Waals surface area contributed by atoms with Crippen LogP contribution in [-0.4, -0.2) is 25.2 Å². The predicted molar refractivity (Wildman–Crippen MR) is 52.1 cm³/mol.